The van der Waals surface area contributed by atoms with Crippen LogP contribution in [0.5, 0.6) is 5.75 Å². The first-order chi connectivity index (χ1) is 15.9. The van der Waals surface area contributed by atoms with Crippen LogP contribution in [0.15, 0.2) is 42.5 Å². The lowest BCUT2D eigenvalue weighted by atomic mass is 9.86. The van der Waals surface area contributed by atoms with Crippen molar-refractivity contribution in [3.8, 4) is 5.75 Å². The molecule has 0 fully saturated rings. The SMILES string of the molecule is CCC(C(=O)NCC(C)C)N(Cc1ccc(Cl)cc1Cl)C(=O)COc1ccccc1C(C)(C)C. The zero-order valence-corrected chi connectivity index (χ0v) is 22.5. The Kier molecular flexibility index (Phi) is 10.3. The number of para-hydroxylation sites is 1. The summed E-state index contributed by atoms with van der Waals surface area (Å²) in [6.45, 7) is 12.7. The number of carbonyl (C=O) groups excluding carboxylic acids is 2. The second-order valence-corrected chi connectivity index (χ2v) is 10.7. The Hall–Kier alpha value is -2.24. The van der Waals surface area contributed by atoms with E-state index >= 15 is 0 Å². The van der Waals surface area contributed by atoms with Gasteiger partial charge >= 0.3 is 0 Å². The zero-order chi connectivity index (χ0) is 25.5. The van der Waals surface area contributed by atoms with Gasteiger partial charge in [-0.3, -0.25) is 9.59 Å². The Morgan fingerprint density at radius 3 is 2.35 bits per heavy atom. The van der Waals surface area contributed by atoms with Crippen LogP contribution >= 0.6 is 23.2 Å². The van der Waals surface area contributed by atoms with Crippen LogP contribution in [0.2, 0.25) is 10.0 Å². The van der Waals surface area contributed by atoms with E-state index in [4.69, 9.17) is 27.9 Å². The molecule has 0 saturated carbocycles. The molecule has 2 rings (SSSR count). The molecule has 0 radical (unpaired) electrons. The maximum absolute atomic E-state index is 13.5. The molecule has 1 atom stereocenters. The Labute approximate surface area is 213 Å². The molecule has 0 aliphatic heterocycles. The number of nitrogens with zero attached hydrogens (tertiary/aromatic N) is 1. The smallest absolute Gasteiger partial charge is 0.261 e. The van der Waals surface area contributed by atoms with Gasteiger partial charge in [-0.2, -0.15) is 0 Å². The second-order valence-electron chi connectivity index (χ2n) is 9.86. The van der Waals surface area contributed by atoms with Crippen molar-refractivity contribution in [3.63, 3.8) is 0 Å². The van der Waals surface area contributed by atoms with Crippen LogP contribution in [0.25, 0.3) is 0 Å². The number of ether oxygens (including phenoxy) is 1. The van der Waals surface area contributed by atoms with Crippen molar-refractivity contribution in [1.29, 1.82) is 0 Å². The number of rotatable bonds is 10. The Morgan fingerprint density at radius 2 is 1.76 bits per heavy atom. The van der Waals surface area contributed by atoms with Crippen LogP contribution in [0.4, 0.5) is 0 Å². The van der Waals surface area contributed by atoms with E-state index in [1.54, 1.807) is 23.1 Å². The summed E-state index contributed by atoms with van der Waals surface area (Å²) in [6.07, 6.45) is 0.458. The third-order valence-corrected chi connectivity index (χ3v) is 6.06. The first-order valence-electron chi connectivity index (χ1n) is 11.7. The van der Waals surface area contributed by atoms with Gasteiger partial charge in [0.2, 0.25) is 5.91 Å². The molecule has 0 bridgehead atoms. The summed E-state index contributed by atoms with van der Waals surface area (Å²) in [6, 6.07) is 12.2. The minimum atomic E-state index is -0.653. The third-order valence-electron chi connectivity index (χ3n) is 5.47. The molecule has 0 aliphatic carbocycles. The van der Waals surface area contributed by atoms with Crippen LogP contribution in [0.1, 0.15) is 59.1 Å². The average Bonchev–Trinajstić information content (AvgIpc) is 2.76. The largest absolute Gasteiger partial charge is 0.483 e. The molecule has 0 heterocycles. The van der Waals surface area contributed by atoms with Crippen molar-refractivity contribution >= 4 is 35.0 Å². The highest BCUT2D eigenvalue weighted by atomic mass is 35.5. The summed E-state index contributed by atoms with van der Waals surface area (Å²) in [4.78, 5) is 28.0. The lowest BCUT2D eigenvalue weighted by Crippen LogP contribution is -2.50. The van der Waals surface area contributed by atoms with Gasteiger partial charge in [-0.25, -0.2) is 0 Å². The standard InChI is InChI=1S/C27H36Cl2N2O3/c1-7-23(26(33)30-15-18(2)3)31(16-19-12-13-20(28)14-22(19)29)25(32)17-34-24-11-9-8-10-21(24)27(4,5)6/h8-14,18,23H,7,15-17H2,1-6H3,(H,30,33). The lowest BCUT2D eigenvalue weighted by Gasteiger charge is -2.31. The number of carbonyl (C=O) groups is 2. The highest BCUT2D eigenvalue weighted by Crippen LogP contribution is 2.31. The summed E-state index contributed by atoms with van der Waals surface area (Å²) in [5.41, 5.74) is 1.58. The van der Waals surface area contributed by atoms with Crippen LogP contribution in [0.3, 0.4) is 0 Å². The Balaban J connectivity index is 2.30. The van der Waals surface area contributed by atoms with Crippen LogP contribution < -0.4 is 10.1 Å². The minimum absolute atomic E-state index is 0.140. The minimum Gasteiger partial charge on any atom is -0.483 e. The predicted molar refractivity (Wildman–Crippen MR) is 140 cm³/mol. The van der Waals surface area contributed by atoms with Gasteiger partial charge in [0.05, 0.1) is 0 Å². The Bertz CT molecular complexity index is 986. The van der Waals surface area contributed by atoms with Gasteiger partial charge in [0.1, 0.15) is 11.8 Å². The van der Waals surface area contributed by atoms with Crippen molar-refractivity contribution in [2.75, 3.05) is 13.2 Å². The van der Waals surface area contributed by atoms with E-state index in [2.05, 4.69) is 26.1 Å². The fraction of sp³-hybridized carbons (Fsp3) is 0.481. The molecule has 5 nitrogen and oxygen atoms in total. The second kappa shape index (κ2) is 12.5. The number of amides is 2. The molecule has 0 saturated heterocycles. The maximum atomic E-state index is 13.5. The third kappa shape index (κ3) is 7.92. The molecule has 7 heteroatoms. The van der Waals surface area contributed by atoms with Gasteiger partial charge in [-0.1, -0.05) is 89.0 Å². The van der Waals surface area contributed by atoms with Crippen LogP contribution in [-0.4, -0.2) is 35.9 Å². The molecule has 1 unspecified atom stereocenters. The van der Waals surface area contributed by atoms with E-state index < -0.39 is 6.04 Å². The highest BCUT2D eigenvalue weighted by molar-refractivity contribution is 6.35. The molecule has 0 aliphatic rings. The molecule has 0 aromatic heterocycles. The summed E-state index contributed by atoms with van der Waals surface area (Å²) in [5.74, 6) is 0.477. The van der Waals surface area contributed by atoms with Crippen molar-refractivity contribution in [3.05, 3.63) is 63.6 Å². The number of hydrogen-bond acceptors (Lipinski definition) is 3. The van der Waals surface area contributed by atoms with Crippen molar-refractivity contribution in [1.82, 2.24) is 10.2 Å². The molecular weight excluding hydrogens is 471 g/mol. The monoisotopic (exact) mass is 506 g/mol. The predicted octanol–water partition coefficient (Wildman–Crippen LogP) is 6.25. The van der Waals surface area contributed by atoms with Gasteiger partial charge in [0, 0.05) is 23.1 Å². The molecule has 2 aromatic carbocycles. The van der Waals surface area contributed by atoms with E-state index in [0.29, 0.717) is 40.2 Å². The summed E-state index contributed by atoms with van der Waals surface area (Å²) in [5, 5.41) is 3.91. The van der Waals surface area contributed by atoms with E-state index in [1.807, 2.05) is 45.0 Å². The van der Waals surface area contributed by atoms with Gasteiger partial charge < -0.3 is 15.0 Å². The van der Waals surface area contributed by atoms with Gasteiger partial charge in [0.15, 0.2) is 6.61 Å². The first kappa shape index (κ1) is 28.0. The number of halogens is 2. The Morgan fingerprint density at radius 1 is 1.09 bits per heavy atom. The highest BCUT2D eigenvalue weighted by Gasteiger charge is 2.30. The van der Waals surface area contributed by atoms with E-state index in [1.165, 1.54) is 0 Å². The summed E-state index contributed by atoms with van der Waals surface area (Å²) < 4.78 is 5.99. The molecule has 186 valence electrons. The molecule has 0 spiro atoms. The maximum Gasteiger partial charge on any atom is 0.261 e. The average molecular weight is 508 g/mol. The topological polar surface area (TPSA) is 58.6 Å². The van der Waals surface area contributed by atoms with E-state index in [-0.39, 0.29) is 30.4 Å². The fourth-order valence-electron chi connectivity index (χ4n) is 3.61. The van der Waals surface area contributed by atoms with E-state index in [9.17, 15) is 9.59 Å². The van der Waals surface area contributed by atoms with Crippen molar-refractivity contribution < 1.29 is 14.3 Å². The quantitative estimate of drug-likeness (QED) is 0.414. The molecule has 1 N–H and O–H groups in total. The van der Waals surface area contributed by atoms with Crippen molar-refractivity contribution in [2.45, 2.75) is 66.0 Å². The number of benzene rings is 2. The molecule has 2 amide bonds. The van der Waals surface area contributed by atoms with E-state index in [0.717, 1.165) is 5.56 Å². The fourth-order valence-corrected chi connectivity index (χ4v) is 4.08. The zero-order valence-electron chi connectivity index (χ0n) is 21.0. The number of nitrogens with one attached hydrogen (secondary N) is 1. The summed E-state index contributed by atoms with van der Waals surface area (Å²) >= 11 is 12.4. The lowest BCUT2D eigenvalue weighted by molar-refractivity contribution is -0.143. The van der Waals surface area contributed by atoms with Gasteiger partial charge in [-0.15, -0.1) is 0 Å². The summed E-state index contributed by atoms with van der Waals surface area (Å²) in [7, 11) is 0. The normalized spacial score (nSPS) is 12.4. The van der Waals surface area contributed by atoms with Gasteiger partial charge in [-0.05, 0) is 47.1 Å². The molecule has 34 heavy (non-hydrogen) atoms. The van der Waals surface area contributed by atoms with Crippen molar-refractivity contribution in [2.24, 2.45) is 5.92 Å². The van der Waals surface area contributed by atoms with Gasteiger partial charge in [0.25, 0.3) is 5.91 Å². The first-order valence-corrected chi connectivity index (χ1v) is 12.4. The number of hydrogen-bond donors (Lipinski definition) is 1. The molecular formula is C27H36Cl2N2O3. The molecule has 2 aromatic rings. The van der Waals surface area contributed by atoms with Crippen LogP contribution in [-0.2, 0) is 21.5 Å². The van der Waals surface area contributed by atoms with Crippen LogP contribution in [0, 0.1) is 5.92 Å².